The molecule has 0 aromatic heterocycles. The van der Waals surface area contributed by atoms with Gasteiger partial charge in [0.25, 0.3) is 0 Å². The summed E-state index contributed by atoms with van der Waals surface area (Å²) in [5.74, 6) is 0.153. The highest BCUT2D eigenvalue weighted by molar-refractivity contribution is 5.88. The summed E-state index contributed by atoms with van der Waals surface area (Å²) in [5, 5.41) is 5.61. The maximum Gasteiger partial charge on any atom is 0.408 e. The van der Waals surface area contributed by atoms with Crippen molar-refractivity contribution in [2.75, 3.05) is 0 Å². The lowest BCUT2D eigenvalue weighted by Gasteiger charge is -2.22. The number of rotatable bonds is 1. The lowest BCUT2D eigenvalue weighted by atomic mass is 9.99. The largest absolute Gasteiger partial charge is 0.444 e. The zero-order valence-electron chi connectivity index (χ0n) is 10.6. The number of amides is 2. The van der Waals surface area contributed by atoms with Gasteiger partial charge in [-0.05, 0) is 33.6 Å². The fourth-order valence-corrected chi connectivity index (χ4v) is 2.64. The molecule has 0 radical (unpaired) electrons. The number of hydrogen-bond acceptors (Lipinski definition) is 3. The third-order valence-electron chi connectivity index (χ3n) is 3.28. The molecule has 1 saturated carbocycles. The molecule has 1 saturated heterocycles. The fourth-order valence-electron chi connectivity index (χ4n) is 2.64. The van der Waals surface area contributed by atoms with E-state index in [2.05, 4.69) is 10.6 Å². The normalized spacial score (nSPS) is 31.9. The summed E-state index contributed by atoms with van der Waals surface area (Å²) < 4.78 is 5.17. The van der Waals surface area contributed by atoms with Gasteiger partial charge in [0, 0.05) is 12.0 Å². The molecule has 1 heterocycles. The molecule has 5 nitrogen and oxygen atoms in total. The van der Waals surface area contributed by atoms with E-state index < -0.39 is 17.7 Å². The van der Waals surface area contributed by atoms with Gasteiger partial charge in [-0.1, -0.05) is 6.42 Å². The van der Waals surface area contributed by atoms with Gasteiger partial charge in [-0.2, -0.15) is 0 Å². The molecule has 0 aromatic carbocycles. The molecule has 0 aromatic rings. The lowest BCUT2D eigenvalue weighted by molar-refractivity contribution is -0.121. The van der Waals surface area contributed by atoms with Crippen molar-refractivity contribution in [2.45, 2.75) is 57.7 Å². The highest BCUT2D eigenvalue weighted by atomic mass is 16.6. The number of nitrogens with one attached hydrogen (secondary N) is 2. The minimum absolute atomic E-state index is 0.0782. The lowest BCUT2D eigenvalue weighted by Crippen LogP contribution is -2.45. The van der Waals surface area contributed by atoms with E-state index in [9.17, 15) is 9.59 Å². The second-order valence-corrected chi connectivity index (χ2v) is 5.83. The molecule has 2 fully saturated rings. The molecule has 2 amide bonds. The monoisotopic (exact) mass is 240 g/mol. The van der Waals surface area contributed by atoms with Crippen LogP contribution in [0.5, 0.6) is 0 Å². The van der Waals surface area contributed by atoms with Crippen molar-refractivity contribution in [1.82, 2.24) is 10.6 Å². The SMILES string of the molecule is CC(C)(C)OC(=O)N[C@H]1C(=O)NC2CCC[C@@H]21. The summed E-state index contributed by atoms with van der Waals surface area (Å²) in [4.78, 5) is 23.3. The van der Waals surface area contributed by atoms with Crippen LogP contribution in [-0.2, 0) is 9.53 Å². The molecule has 0 bridgehead atoms. The number of ether oxygens (including phenoxy) is 1. The van der Waals surface area contributed by atoms with Gasteiger partial charge in [-0.25, -0.2) is 4.79 Å². The molecule has 17 heavy (non-hydrogen) atoms. The van der Waals surface area contributed by atoms with Crippen molar-refractivity contribution in [3.8, 4) is 0 Å². The van der Waals surface area contributed by atoms with Crippen LogP contribution in [0.1, 0.15) is 40.0 Å². The Bertz CT molecular complexity index is 335. The Kier molecular flexibility index (Phi) is 3.02. The van der Waals surface area contributed by atoms with Crippen LogP contribution in [0.2, 0.25) is 0 Å². The molecule has 1 aliphatic heterocycles. The van der Waals surface area contributed by atoms with E-state index in [1.807, 2.05) is 0 Å². The van der Waals surface area contributed by atoms with Gasteiger partial charge in [0.15, 0.2) is 0 Å². The third kappa shape index (κ3) is 2.70. The third-order valence-corrected chi connectivity index (χ3v) is 3.28. The minimum atomic E-state index is -0.533. The number of alkyl carbamates (subject to hydrolysis) is 1. The van der Waals surface area contributed by atoms with Gasteiger partial charge in [-0.3, -0.25) is 4.79 Å². The number of carbonyl (C=O) groups is 2. The summed E-state index contributed by atoms with van der Waals surface area (Å²) in [6.07, 6.45) is 2.61. The van der Waals surface area contributed by atoms with Crippen LogP contribution in [0.25, 0.3) is 0 Å². The highest BCUT2D eigenvalue weighted by Gasteiger charge is 2.45. The highest BCUT2D eigenvalue weighted by Crippen LogP contribution is 2.32. The van der Waals surface area contributed by atoms with Crippen LogP contribution < -0.4 is 10.6 Å². The van der Waals surface area contributed by atoms with E-state index >= 15 is 0 Å². The van der Waals surface area contributed by atoms with Crippen LogP contribution >= 0.6 is 0 Å². The van der Waals surface area contributed by atoms with E-state index in [4.69, 9.17) is 4.74 Å². The first-order chi connectivity index (χ1) is 7.87. The number of hydrogen-bond donors (Lipinski definition) is 2. The zero-order valence-corrected chi connectivity index (χ0v) is 10.6. The average molecular weight is 240 g/mol. The molecular weight excluding hydrogens is 220 g/mol. The molecule has 96 valence electrons. The Morgan fingerprint density at radius 1 is 1.41 bits per heavy atom. The van der Waals surface area contributed by atoms with Crippen molar-refractivity contribution in [1.29, 1.82) is 0 Å². The molecule has 2 rings (SSSR count). The van der Waals surface area contributed by atoms with Crippen molar-refractivity contribution in [3.05, 3.63) is 0 Å². The molecule has 2 aliphatic rings. The summed E-state index contributed by atoms with van der Waals surface area (Å²) >= 11 is 0. The van der Waals surface area contributed by atoms with Crippen molar-refractivity contribution < 1.29 is 14.3 Å². The smallest absolute Gasteiger partial charge is 0.408 e. The summed E-state index contributed by atoms with van der Waals surface area (Å²) in [6, 6.07) is -0.181. The maximum absolute atomic E-state index is 11.7. The van der Waals surface area contributed by atoms with Crippen molar-refractivity contribution in [2.24, 2.45) is 5.92 Å². The second-order valence-electron chi connectivity index (χ2n) is 5.83. The van der Waals surface area contributed by atoms with Gasteiger partial charge in [0.2, 0.25) is 5.91 Å². The Balaban J connectivity index is 1.94. The van der Waals surface area contributed by atoms with Gasteiger partial charge < -0.3 is 15.4 Å². The van der Waals surface area contributed by atoms with Gasteiger partial charge in [-0.15, -0.1) is 0 Å². The van der Waals surface area contributed by atoms with Crippen LogP contribution in [0, 0.1) is 5.92 Å². The zero-order chi connectivity index (χ0) is 12.6. The van der Waals surface area contributed by atoms with Crippen molar-refractivity contribution >= 4 is 12.0 Å². The van der Waals surface area contributed by atoms with Gasteiger partial charge in [0.1, 0.15) is 11.6 Å². The molecule has 1 unspecified atom stereocenters. The van der Waals surface area contributed by atoms with Crippen LogP contribution in [0.15, 0.2) is 0 Å². The van der Waals surface area contributed by atoms with Crippen LogP contribution in [0.3, 0.4) is 0 Å². The number of carbonyl (C=O) groups excluding carboxylic acids is 2. The Morgan fingerprint density at radius 2 is 2.12 bits per heavy atom. The topological polar surface area (TPSA) is 67.4 Å². The Morgan fingerprint density at radius 3 is 2.76 bits per heavy atom. The number of fused-ring (bicyclic) bond motifs is 1. The average Bonchev–Trinajstić information content (AvgIpc) is 2.67. The Labute approximate surface area is 101 Å². The molecule has 1 aliphatic carbocycles. The predicted octanol–water partition coefficient (Wildman–Crippen LogP) is 1.18. The van der Waals surface area contributed by atoms with E-state index in [1.165, 1.54) is 0 Å². The summed E-state index contributed by atoms with van der Waals surface area (Å²) in [5.41, 5.74) is -0.533. The first-order valence-corrected chi connectivity index (χ1v) is 6.17. The van der Waals surface area contributed by atoms with Crippen LogP contribution in [0.4, 0.5) is 4.79 Å². The van der Waals surface area contributed by atoms with Gasteiger partial charge in [0.05, 0.1) is 0 Å². The van der Waals surface area contributed by atoms with Crippen molar-refractivity contribution in [3.63, 3.8) is 0 Å². The standard InChI is InChI=1S/C12H20N2O3/c1-12(2,3)17-11(16)14-9-7-5-4-6-8(7)13-10(9)15/h7-9H,4-6H2,1-3H3,(H,13,15)(H,14,16)/t7-,8?,9+/m0/s1. The van der Waals surface area contributed by atoms with E-state index in [0.29, 0.717) is 0 Å². The van der Waals surface area contributed by atoms with E-state index in [-0.39, 0.29) is 17.9 Å². The summed E-state index contributed by atoms with van der Waals surface area (Å²) in [7, 11) is 0. The minimum Gasteiger partial charge on any atom is -0.444 e. The predicted molar refractivity (Wildman–Crippen MR) is 62.4 cm³/mol. The first kappa shape index (κ1) is 12.2. The molecule has 2 N–H and O–H groups in total. The first-order valence-electron chi connectivity index (χ1n) is 6.17. The molecular formula is C12H20N2O3. The molecule has 0 spiro atoms. The van der Waals surface area contributed by atoms with E-state index in [0.717, 1.165) is 19.3 Å². The molecule has 5 heteroatoms. The Hall–Kier alpha value is -1.26. The fraction of sp³-hybridized carbons (Fsp3) is 0.833. The van der Waals surface area contributed by atoms with Gasteiger partial charge >= 0.3 is 6.09 Å². The second kappa shape index (κ2) is 4.20. The van der Waals surface area contributed by atoms with Crippen LogP contribution in [-0.4, -0.2) is 29.7 Å². The van der Waals surface area contributed by atoms with E-state index in [1.54, 1.807) is 20.8 Å². The summed E-state index contributed by atoms with van der Waals surface area (Å²) in [6.45, 7) is 5.42. The molecule has 3 atom stereocenters. The maximum atomic E-state index is 11.7. The quantitative estimate of drug-likeness (QED) is 0.723.